The standard InChI is InChI=1S/C12H24O/c1-3-5-9-13-12(4-2)10-11-7-6-8-11/h11-12H,3-10H2,1-2H3. The molecule has 1 atom stereocenters. The van der Waals surface area contributed by atoms with E-state index in [-0.39, 0.29) is 0 Å². The molecule has 1 aliphatic rings. The predicted molar refractivity (Wildman–Crippen MR) is 56.9 cm³/mol. The summed E-state index contributed by atoms with van der Waals surface area (Å²) < 4.78 is 5.84. The third kappa shape index (κ3) is 4.12. The van der Waals surface area contributed by atoms with E-state index in [1.807, 2.05) is 0 Å². The highest BCUT2D eigenvalue weighted by Crippen LogP contribution is 2.31. The molecule has 78 valence electrons. The van der Waals surface area contributed by atoms with Crippen LogP contribution in [0.25, 0.3) is 0 Å². The monoisotopic (exact) mass is 184 g/mol. The number of unbranched alkanes of at least 4 members (excludes halogenated alkanes) is 1. The molecule has 0 aromatic heterocycles. The van der Waals surface area contributed by atoms with Crippen molar-refractivity contribution in [1.82, 2.24) is 0 Å². The smallest absolute Gasteiger partial charge is 0.0575 e. The van der Waals surface area contributed by atoms with Gasteiger partial charge in [0.1, 0.15) is 0 Å². The third-order valence-corrected chi connectivity index (χ3v) is 3.13. The van der Waals surface area contributed by atoms with Gasteiger partial charge in [-0.25, -0.2) is 0 Å². The molecule has 0 saturated heterocycles. The maximum atomic E-state index is 5.84. The Kier molecular flexibility index (Phi) is 5.45. The van der Waals surface area contributed by atoms with Gasteiger partial charge in [0.15, 0.2) is 0 Å². The quantitative estimate of drug-likeness (QED) is 0.547. The molecule has 1 unspecified atom stereocenters. The van der Waals surface area contributed by atoms with Crippen molar-refractivity contribution in [3.8, 4) is 0 Å². The largest absolute Gasteiger partial charge is 0.378 e. The molecule has 0 aromatic carbocycles. The molecular weight excluding hydrogens is 160 g/mol. The lowest BCUT2D eigenvalue weighted by atomic mass is 9.81. The maximum Gasteiger partial charge on any atom is 0.0575 e. The molecule has 0 spiro atoms. The zero-order valence-electron chi connectivity index (χ0n) is 9.22. The molecule has 1 aliphatic carbocycles. The predicted octanol–water partition coefficient (Wildman–Crippen LogP) is 3.77. The first-order chi connectivity index (χ1) is 6.36. The number of ether oxygens (including phenoxy) is 1. The average molecular weight is 184 g/mol. The molecule has 0 aliphatic heterocycles. The van der Waals surface area contributed by atoms with E-state index in [0.717, 1.165) is 12.5 Å². The van der Waals surface area contributed by atoms with Gasteiger partial charge < -0.3 is 4.74 Å². The molecular formula is C12H24O. The van der Waals surface area contributed by atoms with E-state index in [0.29, 0.717) is 6.10 Å². The van der Waals surface area contributed by atoms with Gasteiger partial charge in [0.2, 0.25) is 0 Å². The van der Waals surface area contributed by atoms with Gasteiger partial charge in [-0.3, -0.25) is 0 Å². The summed E-state index contributed by atoms with van der Waals surface area (Å²) in [6, 6.07) is 0. The summed E-state index contributed by atoms with van der Waals surface area (Å²) in [5, 5.41) is 0. The highest BCUT2D eigenvalue weighted by molar-refractivity contribution is 4.73. The molecule has 0 aromatic rings. The van der Waals surface area contributed by atoms with Crippen molar-refractivity contribution in [1.29, 1.82) is 0 Å². The van der Waals surface area contributed by atoms with E-state index in [1.54, 1.807) is 0 Å². The van der Waals surface area contributed by atoms with Gasteiger partial charge in [0.05, 0.1) is 6.10 Å². The zero-order chi connectivity index (χ0) is 9.52. The van der Waals surface area contributed by atoms with E-state index < -0.39 is 0 Å². The van der Waals surface area contributed by atoms with E-state index in [4.69, 9.17) is 4.74 Å². The molecule has 13 heavy (non-hydrogen) atoms. The van der Waals surface area contributed by atoms with Crippen molar-refractivity contribution >= 4 is 0 Å². The highest BCUT2D eigenvalue weighted by Gasteiger charge is 2.21. The normalized spacial score (nSPS) is 19.8. The SMILES string of the molecule is CCCCOC(CC)CC1CCC1. The lowest BCUT2D eigenvalue weighted by molar-refractivity contribution is 0.0227. The molecule has 0 N–H and O–H groups in total. The lowest BCUT2D eigenvalue weighted by Gasteiger charge is -2.29. The molecule has 0 heterocycles. The average Bonchev–Trinajstić information content (AvgIpc) is 2.08. The molecule has 0 amide bonds. The summed E-state index contributed by atoms with van der Waals surface area (Å²) in [6.07, 6.45) is 9.90. The van der Waals surface area contributed by atoms with Crippen molar-refractivity contribution in [2.24, 2.45) is 5.92 Å². The van der Waals surface area contributed by atoms with Crippen LogP contribution in [-0.4, -0.2) is 12.7 Å². The second kappa shape index (κ2) is 6.42. The van der Waals surface area contributed by atoms with Crippen LogP contribution >= 0.6 is 0 Å². The fraction of sp³-hybridized carbons (Fsp3) is 1.00. The molecule has 0 radical (unpaired) electrons. The summed E-state index contributed by atoms with van der Waals surface area (Å²) in [7, 11) is 0. The van der Waals surface area contributed by atoms with Crippen LogP contribution in [0.5, 0.6) is 0 Å². The minimum Gasteiger partial charge on any atom is -0.378 e. The molecule has 1 rings (SSSR count). The summed E-state index contributed by atoms with van der Waals surface area (Å²) in [5.41, 5.74) is 0. The Hall–Kier alpha value is -0.0400. The van der Waals surface area contributed by atoms with Gasteiger partial charge in [0.25, 0.3) is 0 Å². The van der Waals surface area contributed by atoms with Crippen LogP contribution in [0.2, 0.25) is 0 Å². The second-order valence-corrected chi connectivity index (χ2v) is 4.29. The summed E-state index contributed by atoms with van der Waals surface area (Å²) in [6.45, 7) is 5.44. The molecule has 1 fully saturated rings. The van der Waals surface area contributed by atoms with Crippen molar-refractivity contribution in [3.63, 3.8) is 0 Å². The van der Waals surface area contributed by atoms with Crippen molar-refractivity contribution < 1.29 is 4.74 Å². The summed E-state index contributed by atoms with van der Waals surface area (Å²) in [4.78, 5) is 0. The Morgan fingerprint density at radius 3 is 2.54 bits per heavy atom. The Balaban J connectivity index is 2.03. The van der Waals surface area contributed by atoms with Gasteiger partial charge in [-0.05, 0) is 25.2 Å². The fourth-order valence-electron chi connectivity index (χ4n) is 1.85. The van der Waals surface area contributed by atoms with Crippen LogP contribution in [0.1, 0.15) is 58.8 Å². The van der Waals surface area contributed by atoms with Gasteiger partial charge in [-0.2, -0.15) is 0 Å². The Bertz CT molecular complexity index is 118. The van der Waals surface area contributed by atoms with Gasteiger partial charge in [-0.15, -0.1) is 0 Å². The van der Waals surface area contributed by atoms with Crippen molar-refractivity contribution in [2.45, 2.75) is 64.9 Å². The van der Waals surface area contributed by atoms with Crippen LogP contribution in [0.4, 0.5) is 0 Å². The number of hydrogen-bond donors (Lipinski definition) is 0. The fourth-order valence-corrected chi connectivity index (χ4v) is 1.85. The summed E-state index contributed by atoms with van der Waals surface area (Å²) >= 11 is 0. The number of hydrogen-bond acceptors (Lipinski definition) is 1. The van der Waals surface area contributed by atoms with Crippen LogP contribution in [-0.2, 0) is 4.74 Å². The number of rotatable bonds is 7. The minimum absolute atomic E-state index is 0.553. The molecule has 1 nitrogen and oxygen atoms in total. The highest BCUT2D eigenvalue weighted by atomic mass is 16.5. The molecule has 1 heteroatoms. The van der Waals surface area contributed by atoms with Gasteiger partial charge in [0, 0.05) is 6.61 Å². The van der Waals surface area contributed by atoms with Crippen LogP contribution in [0.15, 0.2) is 0 Å². The van der Waals surface area contributed by atoms with Crippen LogP contribution < -0.4 is 0 Å². The van der Waals surface area contributed by atoms with E-state index in [2.05, 4.69) is 13.8 Å². The van der Waals surface area contributed by atoms with Crippen molar-refractivity contribution in [3.05, 3.63) is 0 Å². The first kappa shape index (κ1) is 11.0. The van der Waals surface area contributed by atoms with Crippen LogP contribution in [0, 0.1) is 5.92 Å². The Labute approximate surface area is 82.9 Å². The second-order valence-electron chi connectivity index (χ2n) is 4.29. The minimum atomic E-state index is 0.553. The lowest BCUT2D eigenvalue weighted by Crippen LogP contribution is -2.21. The van der Waals surface area contributed by atoms with Crippen LogP contribution in [0.3, 0.4) is 0 Å². The Morgan fingerprint density at radius 1 is 1.31 bits per heavy atom. The van der Waals surface area contributed by atoms with E-state index >= 15 is 0 Å². The van der Waals surface area contributed by atoms with Gasteiger partial charge >= 0.3 is 0 Å². The van der Waals surface area contributed by atoms with E-state index in [1.165, 1.54) is 44.9 Å². The third-order valence-electron chi connectivity index (χ3n) is 3.13. The first-order valence-corrected chi connectivity index (χ1v) is 5.98. The maximum absolute atomic E-state index is 5.84. The first-order valence-electron chi connectivity index (χ1n) is 5.98. The topological polar surface area (TPSA) is 9.23 Å². The Morgan fingerprint density at radius 2 is 2.08 bits per heavy atom. The van der Waals surface area contributed by atoms with Gasteiger partial charge in [-0.1, -0.05) is 39.5 Å². The summed E-state index contributed by atoms with van der Waals surface area (Å²) in [5.74, 6) is 0.992. The molecule has 1 saturated carbocycles. The van der Waals surface area contributed by atoms with Crippen molar-refractivity contribution in [2.75, 3.05) is 6.61 Å². The van der Waals surface area contributed by atoms with E-state index in [9.17, 15) is 0 Å². The molecule has 0 bridgehead atoms. The zero-order valence-corrected chi connectivity index (χ0v) is 9.22.